The Hall–Kier alpha value is -3.21. The van der Waals surface area contributed by atoms with Gasteiger partial charge in [-0.1, -0.05) is 43.3 Å². The molecule has 1 saturated heterocycles. The van der Waals surface area contributed by atoms with Crippen molar-refractivity contribution in [2.24, 2.45) is 23.7 Å². The van der Waals surface area contributed by atoms with E-state index in [9.17, 15) is 14.4 Å². The highest BCUT2D eigenvalue weighted by molar-refractivity contribution is 6.23. The van der Waals surface area contributed by atoms with Crippen molar-refractivity contribution >= 4 is 29.1 Å². The van der Waals surface area contributed by atoms with Crippen LogP contribution in [0.4, 0.5) is 11.4 Å². The molecule has 146 valence electrons. The van der Waals surface area contributed by atoms with Crippen molar-refractivity contribution in [3.05, 3.63) is 71.8 Å². The molecule has 0 aromatic heterocycles. The van der Waals surface area contributed by atoms with Gasteiger partial charge in [-0.05, 0) is 54.5 Å². The number of amides is 3. The van der Waals surface area contributed by atoms with Crippen LogP contribution >= 0.6 is 0 Å². The van der Waals surface area contributed by atoms with Crippen molar-refractivity contribution in [1.29, 1.82) is 0 Å². The summed E-state index contributed by atoms with van der Waals surface area (Å²) in [6, 6.07) is 14.5. The molecule has 4 atom stereocenters. The van der Waals surface area contributed by atoms with Crippen LogP contribution in [0.25, 0.3) is 0 Å². The van der Waals surface area contributed by atoms with Crippen LogP contribution in [-0.4, -0.2) is 17.7 Å². The Kier molecular flexibility index (Phi) is 4.12. The van der Waals surface area contributed by atoms with Crippen LogP contribution in [0.2, 0.25) is 0 Å². The molecule has 1 N–H and O–H groups in total. The number of para-hydroxylation sites is 1. The van der Waals surface area contributed by atoms with Gasteiger partial charge in [-0.25, -0.2) is 4.90 Å². The molecule has 0 unspecified atom stereocenters. The topological polar surface area (TPSA) is 66.5 Å². The van der Waals surface area contributed by atoms with Gasteiger partial charge in [0.05, 0.1) is 17.5 Å². The number of allylic oxidation sites excluding steroid dienone is 2. The SMILES string of the molecule is CCc1ccccc1NC(=O)c1cccc(N2C(=O)[C@@H]3[C@@H](C2=O)[C@H]2C=C[C@H]3C2)c1. The third-order valence-corrected chi connectivity index (χ3v) is 6.48. The van der Waals surface area contributed by atoms with Crippen molar-refractivity contribution in [2.45, 2.75) is 19.8 Å². The summed E-state index contributed by atoms with van der Waals surface area (Å²) >= 11 is 0. The van der Waals surface area contributed by atoms with Crippen LogP contribution in [0.3, 0.4) is 0 Å². The maximum atomic E-state index is 13.0. The lowest BCUT2D eigenvalue weighted by Crippen LogP contribution is -2.33. The molecule has 0 radical (unpaired) electrons. The third kappa shape index (κ3) is 2.72. The van der Waals surface area contributed by atoms with E-state index in [2.05, 4.69) is 17.5 Å². The van der Waals surface area contributed by atoms with E-state index in [0.717, 1.165) is 24.1 Å². The predicted octanol–water partition coefficient (Wildman–Crippen LogP) is 3.81. The van der Waals surface area contributed by atoms with E-state index in [0.29, 0.717) is 11.3 Å². The van der Waals surface area contributed by atoms with E-state index in [4.69, 9.17) is 0 Å². The number of imide groups is 1. The molecule has 5 nitrogen and oxygen atoms in total. The third-order valence-electron chi connectivity index (χ3n) is 6.48. The number of fused-ring (bicyclic) bond motifs is 5. The molecule has 5 heteroatoms. The minimum atomic E-state index is -0.256. The molecular weight excluding hydrogens is 364 g/mol. The summed E-state index contributed by atoms with van der Waals surface area (Å²) in [7, 11) is 0. The Balaban J connectivity index is 1.41. The van der Waals surface area contributed by atoms with Crippen LogP contribution in [0.15, 0.2) is 60.7 Å². The minimum Gasteiger partial charge on any atom is -0.322 e. The van der Waals surface area contributed by atoms with E-state index in [-0.39, 0.29) is 41.4 Å². The first kappa shape index (κ1) is 17.9. The number of rotatable bonds is 4. The van der Waals surface area contributed by atoms with Gasteiger partial charge in [-0.2, -0.15) is 0 Å². The van der Waals surface area contributed by atoms with Crippen molar-refractivity contribution in [2.75, 3.05) is 10.2 Å². The zero-order valence-corrected chi connectivity index (χ0v) is 16.2. The van der Waals surface area contributed by atoms with Crippen LogP contribution in [0.1, 0.15) is 29.3 Å². The highest BCUT2D eigenvalue weighted by Crippen LogP contribution is 2.53. The fraction of sp³-hybridized carbons (Fsp3) is 0.292. The molecule has 3 aliphatic rings. The second-order valence-electron chi connectivity index (χ2n) is 8.03. The average molecular weight is 386 g/mol. The molecule has 29 heavy (non-hydrogen) atoms. The number of hydrogen-bond acceptors (Lipinski definition) is 3. The first-order chi connectivity index (χ1) is 14.1. The van der Waals surface area contributed by atoms with Crippen molar-refractivity contribution < 1.29 is 14.4 Å². The molecule has 2 bridgehead atoms. The average Bonchev–Trinajstić information content (AvgIpc) is 3.42. The Morgan fingerprint density at radius 2 is 1.69 bits per heavy atom. The van der Waals surface area contributed by atoms with Gasteiger partial charge in [0, 0.05) is 11.3 Å². The minimum absolute atomic E-state index is 0.134. The zero-order chi connectivity index (χ0) is 20.1. The van der Waals surface area contributed by atoms with Crippen LogP contribution in [0.5, 0.6) is 0 Å². The molecular formula is C24H22N2O3. The largest absolute Gasteiger partial charge is 0.322 e. The Labute approximate surface area is 169 Å². The molecule has 2 aliphatic carbocycles. The monoisotopic (exact) mass is 386 g/mol. The van der Waals surface area contributed by atoms with E-state index < -0.39 is 0 Å². The second-order valence-corrected chi connectivity index (χ2v) is 8.03. The molecule has 2 aromatic carbocycles. The number of aryl methyl sites for hydroxylation is 1. The van der Waals surface area contributed by atoms with Crippen molar-refractivity contribution in [3.63, 3.8) is 0 Å². The van der Waals surface area contributed by atoms with Crippen molar-refractivity contribution in [1.82, 2.24) is 0 Å². The van der Waals surface area contributed by atoms with Gasteiger partial charge in [0.15, 0.2) is 0 Å². The summed E-state index contributed by atoms with van der Waals surface area (Å²) in [5.41, 5.74) is 2.73. The summed E-state index contributed by atoms with van der Waals surface area (Å²) in [5.74, 6) is -0.671. The highest BCUT2D eigenvalue weighted by atomic mass is 16.2. The standard InChI is InChI=1S/C24H22N2O3/c1-2-14-6-3-4-9-19(14)25-22(27)17-7-5-8-18(13-17)26-23(28)20-15-10-11-16(12-15)21(20)24(26)29/h3-11,13,15-16,20-21H,2,12H2,1H3,(H,25,27)/t15-,16-,20-,21-/m0/s1. The zero-order valence-electron chi connectivity index (χ0n) is 16.2. The fourth-order valence-electron chi connectivity index (χ4n) is 5.09. The molecule has 5 rings (SSSR count). The quantitative estimate of drug-likeness (QED) is 0.642. The predicted molar refractivity (Wildman–Crippen MR) is 110 cm³/mol. The molecule has 2 fully saturated rings. The number of hydrogen-bond donors (Lipinski definition) is 1. The van der Waals surface area contributed by atoms with Crippen LogP contribution in [-0.2, 0) is 16.0 Å². The number of nitrogens with zero attached hydrogens (tertiary/aromatic N) is 1. The normalized spacial score (nSPS) is 26.9. The van der Waals surface area contributed by atoms with E-state index in [1.807, 2.05) is 31.2 Å². The van der Waals surface area contributed by atoms with Crippen molar-refractivity contribution in [3.8, 4) is 0 Å². The highest BCUT2D eigenvalue weighted by Gasteiger charge is 2.59. The summed E-state index contributed by atoms with van der Waals surface area (Å²) in [6.07, 6.45) is 5.87. The fourth-order valence-corrected chi connectivity index (χ4v) is 5.09. The van der Waals surface area contributed by atoms with Gasteiger partial charge in [0.25, 0.3) is 5.91 Å². The molecule has 1 aliphatic heterocycles. The number of nitrogens with one attached hydrogen (secondary N) is 1. The number of benzene rings is 2. The van der Waals surface area contributed by atoms with E-state index in [1.54, 1.807) is 24.3 Å². The van der Waals surface area contributed by atoms with Gasteiger partial charge >= 0.3 is 0 Å². The number of carbonyl (C=O) groups is 3. The van der Waals surface area contributed by atoms with Gasteiger partial charge in [-0.3, -0.25) is 14.4 Å². The maximum Gasteiger partial charge on any atom is 0.255 e. The lowest BCUT2D eigenvalue weighted by Gasteiger charge is -2.18. The lowest BCUT2D eigenvalue weighted by atomic mass is 9.85. The molecule has 3 amide bonds. The molecule has 1 heterocycles. The molecule has 1 saturated carbocycles. The first-order valence-electron chi connectivity index (χ1n) is 10.1. The summed E-state index contributed by atoms with van der Waals surface area (Å²) < 4.78 is 0. The van der Waals surface area contributed by atoms with Crippen LogP contribution in [0, 0.1) is 23.7 Å². The first-order valence-corrected chi connectivity index (χ1v) is 10.1. The summed E-state index contributed by atoms with van der Waals surface area (Å²) in [6.45, 7) is 2.04. The smallest absolute Gasteiger partial charge is 0.255 e. The number of carbonyl (C=O) groups excluding carboxylic acids is 3. The Morgan fingerprint density at radius 3 is 2.38 bits per heavy atom. The Morgan fingerprint density at radius 1 is 1.00 bits per heavy atom. The summed E-state index contributed by atoms with van der Waals surface area (Å²) in [5, 5.41) is 2.94. The number of anilines is 2. The van der Waals surface area contributed by atoms with Crippen LogP contribution < -0.4 is 10.2 Å². The van der Waals surface area contributed by atoms with Gasteiger partial charge in [-0.15, -0.1) is 0 Å². The van der Waals surface area contributed by atoms with E-state index in [1.165, 1.54) is 4.90 Å². The Bertz CT molecular complexity index is 1030. The summed E-state index contributed by atoms with van der Waals surface area (Å²) in [4.78, 5) is 40.1. The second kappa shape index (κ2) is 6.69. The van der Waals surface area contributed by atoms with Gasteiger partial charge in [0.2, 0.25) is 11.8 Å². The van der Waals surface area contributed by atoms with E-state index >= 15 is 0 Å². The van der Waals surface area contributed by atoms with Gasteiger partial charge in [0.1, 0.15) is 0 Å². The lowest BCUT2D eigenvalue weighted by molar-refractivity contribution is -0.123. The molecule has 2 aromatic rings. The molecule has 0 spiro atoms. The van der Waals surface area contributed by atoms with Gasteiger partial charge < -0.3 is 5.32 Å². The maximum absolute atomic E-state index is 13.0.